The summed E-state index contributed by atoms with van der Waals surface area (Å²) in [4.78, 5) is 12.5. The SMILES string of the molecule is O=C(Nc1ccc(F)c(Cl)c1)C1(c2ccccc2Cl)CC1. The van der Waals surface area contributed by atoms with Crippen molar-refractivity contribution in [2.24, 2.45) is 0 Å². The monoisotopic (exact) mass is 323 g/mol. The number of nitrogens with one attached hydrogen (secondary N) is 1. The van der Waals surface area contributed by atoms with E-state index in [-0.39, 0.29) is 10.9 Å². The zero-order chi connectivity index (χ0) is 15.0. The molecule has 1 aliphatic carbocycles. The van der Waals surface area contributed by atoms with Gasteiger partial charge in [-0.1, -0.05) is 41.4 Å². The Morgan fingerprint density at radius 1 is 1.10 bits per heavy atom. The summed E-state index contributed by atoms with van der Waals surface area (Å²) >= 11 is 11.9. The van der Waals surface area contributed by atoms with E-state index in [2.05, 4.69) is 5.32 Å². The van der Waals surface area contributed by atoms with Crippen LogP contribution in [0.5, 0.6) is 0 Å². The van der Waals surface area contributed by atoms with Gasteiger partial charge in [0.1, 0.15) is 5.82 Å². The Hall–Kier alpha value is -1.58. The first-order valence-electron chi connectivity index (χ1n) is 6.54. The molecule has 2 nitrogen and oxygen atoms in total. The summed E-state index contributed by atoms with van der Waals surface area (Å²) in [5.41, 5.74) is 0.723. The maximum absolute atomic E-state index is 13.1. The number of benzene rings is 2. The average Bonchev–Trinajstić information content (AvgIpc) is 3.25. The molecule has 0 aliphatic heterocycles. The summed E-state index contributed by atoms with van der Waals surface area (Å²) in [5, 5.41) is 3.36. The van der Waals surface area contributed by atoms with Gasteiger partial charge in [-0.2, -0.15) is 0 Å². The van der Waals surface area contributed by atoms with E-state index >= 15 is 0 Å². The maximum atomic E-state index is 13.1. The third kappa shape index (κ3) is 2.63. The second-order valence-electron chi connectivity index (χ2n) is 5.14. The molecule has 0 heterocycles. The molecule has 21 heavy (non-hydrogen) atoms. The van der Waals surface area contributed by atoms with E-state index < -0.39 is 11.2 Å². The highest BCUT2D eigenvalue weighted by molar-refractivity contribution is 6.32. The molecule has 3 rings (SSSR count). The largest absolute Gasteiger partial charge is 0.325 e. The second-order valence-corrected chi connectivity index (χ2v) is 5.96. The third-order valence-electron chi connectivity index (χ3n) is 3.75. The Labute approximate surface area is 131 Å². The molecule has 1 N–H and O–H groups in total. The number of halogens is 3. The molecule has 0 saturated heterocycles. The van der Waals surface area contributed by atoms with E-state index in [1.165, 1.54) is 18.2 Å². The molecular formula is C16H12Cl2FNO. The van der Waals surface area contributed by atoms with Gasteiger partial charge in [-0.25, -0.2) is 4.39 Å². The lowest BCUT2D eigenvalue weighted by atomic mass is 9.95. The van der Waals surface area contributed by atoms with Crippen molar-refractivity contribution in [2.75, 3.05) is 5.32 Å². The fourth-order valence-corrected chi connectivity index (χ4v) is 2.91. The van der Waals surface area contributed by atoms with Crippen LogP contribution in [0.25, 0.3) is 0 Å². The van der Waals surface area contributed by atoms with Gasteiger partial charge < -0.3 is 5.32 Å². The molecule has 0 radical (unpaired) electrons. The van der Waals surface area contributed by atoms with Crippen LogP contribution in [0.3, 0.4) is 0 Å². The molecule has 1 saturated carbocycles. The highest BCUT2D eigenvalue weighted by atomic mass is 35.5. The van der Waals surface area contributed by atoms with Crippen LogP contribution in [-0.4, -0.2) is 5.91 Å². The quantitative estimate of drug-likeness (QED) is 0.863. The second kappa shape index (κ2) is 5.32. The first kappa shape index (κ1) is 14.4. The summed E-state index contributed by atoms with van der Waals surface area (Å²) in [7, 11) is 0. The molecule has 0 atom stereocenters. The summed E-state index contributed by atoms with van der Waals surface area (Å²) in [6.07, 6.45) is 1.50. The minimum absolute atomic E-state index is 0.0182. The van der Waals surface area contributed by atoms with E-state index in [1.54, 1.807) is 6.07 Å². The van der Waals surface area contributed by atoms with Crippen molar-refractivity contribution in [3.05, 3.63) is 63.9 Å². The number of hydrogen-bond donors (Lipinski definition) is 1. The van der Waals surface area contributed by atoms with Crippen molar-refractivity contribution in [3.63, 3.8) is 0 Å². The van der Waals surface area contributed by atoms with Crippen LogP contribution in [0.15, 0.2) is 42.5 Å². The van der Waals surface area contributed by atoms with Gasteiger partial charge in [-0.05, 0) is 42.7 Å². The van der Waals surface area contributed by atoms with E-state index in [4.69, 9.17) is 23.2 Å². The molecule has 2 aromatic rings. The third-order valence-corrected chi connectivity index (χ3v) is 4.37. The molecular weight excluding hydrogens is 312 g/mol. The van der Waals surface area contributed by atoms with Crippen molar-refractivity contribution < 1.29 is 9.18 Å². The molecule has 0 spiro atoms. The highest BCUT2D eigenvalue weighted by Crippen LogP contribution is 2.51. The summed E-state index contributed by atoms with van der Waals surface area (Å²) in [5.74, 6) is -0.653. The van der Waals surface area contributed by atoms with Crippen molar-refractivity contribution >= 4 is 34.8 Å². The van der Waals surface area contributed by atoms with Crippen molar-refractivity contribution in [1.82, 2.24) is 0 Å². The predicted octanol–water partition coefficient (Wildman–Crippen LogP) is 4.80. The number of hydrogen-bond acceptors (Lipinski definition) is 1. The summed E-state index contributed by atoms with van der Waals surface area (Å²) in [6.45, 7) is 0. The first-order valence-corrected chi connectivity index (χ1v) is 7.30. The van der Waals surface area contributed by atoms with E-state index in [9.17, 15) is 9.18 Å². The van der Waals surface area contributed by atoms with Gasteiger partial charge in [0, 0.05) is 10.7 Å². The highest BCUT2D eigenvalue weighted by Gasteiger charge is 2.52. The van der Waals surface area contributed by atoms with Crippen LogP contribution in [0, 0.1) is 5.82 Å². The van der Waals surface area contributed by atoms with Crippen LogP contribution in [0.4, 0.5) is 10.1 Å². The lowest BCUT2D eigenvalue weighted by molar-refractivity contribution is -0.118. The molecule has 1 aliphatic rings. The fraction of sp³-hybridized carbons (Fsp3) is 0.188. The van der Waals surface area contributed by atoms with Gasteiger partial charge in [0.25, 0.3) is 0 Å². The number of amides is 1. The molecule has 108 valence electrons. The Balaban J connectivity index is 1.85. The zero-order valence-corrected chi connectivity index (χ0v) is 12.5. The molecule has 5 heteroatoms. The summed E-state index contributed by atoms with van der Waals surface area (Å²) < 4.78 is 13.1. The normalized spacial score (nSPS) is 15.6. The number of rotatable bonds is 3. The fourth-order valence-electron chi connectivity index (χ4n) is 2.42. The maximum Gasteiger partial charge on any atom is 0.235 e. The van der Waals surface area contributed by atoms with E-state index in [0.717, 1.165) is 18.4 Å². The van der Waals surface area contributed by atoms with Gasteiger partial charge in [0.2, 0.25) is 5.91 Å². The Morgan fingerprint density at radius 3 is 2.43 bits per heavy atom. The van der Waals surface area contributed by atoms with Crippen LogP contribution < -0.4 is 5.32 Å². The van der Waals surface area contributed by atoms with Gasteiger partial charge in [-0.3, -0.25) is 4.79 Å². The van der Waals surface area contributed by atoms with Gasteiger partial charge in [-0.15, -0.1) is 0 Å². The van der Waals surface area contributed by atoms with Crippen molar-refractivity contribution in [3.8, 4) is 0 Å². The van der Waals surface area contributed by atoms with Gasteiger partial charge >= 0.3 is 0 Å². The first-order chi connectivity index (χ1) is 10.0. The van der Waals surface area contributed by atoms with E-state index in [1.807, 2.05) is 18.2 Å². The van der Waals surface area contributed by atoms with Crippen LogP contribution in [0.2, 0.25) is 10.0 Å². The smallest absolute Gasteiger partial charge is 0.235 e. The number of carbonyl (C=O) groups excluding carboxylic acids is 1. The summed E-state index contributed by atoms with van der Waals surface area (Å²) in [6, 6.07) is 11.5. The van der Waals surface area contributed by atoms with Gasteiger partial charge in [0.05, 0.1) is 10.4 Å². The average molecular weight is 324 g/mol. The van der Waals surface area contributed by atoms with Crippen LogP contribution in [-0.2, 0) is 10.2 Å². The van der Waals surface area contributed by atoms with Crippen molar-refractivity contribution in [1.29, 1.82) is 0 Å². The van der Waals surface area contributed by atoms with Gasteiger partial charge in [0.15, 0.2) is 0 Å². The predicted molar refractivity (Wildman–Crippen MR) is 82.4 cm³/mol. The Morgan fingerprint density at radius 2 is 1.81 bits per heavy atom. The lowest BCUT2D eigenvalue weighted by Crippen LogP contribution is -2.28. The molecule has 0 unspecified atom stereocenters. The molecule has 1 fully saturated rings. The number of anilines is 1. The topological polar surface area (TPSA) is 29.1 Å². The molecule has 0 bridgehead atoms. The van der Waals surface area contributed by atoms with E-state index in [0.29, 0.717) is 10.7 Å². The zero-order valence-electron chi connectivity index (χ0n) is 11.0. The molecule has 0 aromatic heterocycles. The Bertz CT molecular complexity index is 713. The van der Waals surface area contributed by atoms with Crippen molar-refractivity contribution in [2.45, 2.75) is 18.3 Å². The minimum Gasteiger partial charge on any atom is -0.325 e. The number of carbonyl (C=O) groups is 1. The lowest BCUT2D eigenvalue weighted by Gasteiger charge is -2.17. The molecule has 2 aromatic carbocycles. The Kier molecular flexibility index (Phi) is 3.64. The standard InChI is InChI=1S/C16H12Cl2FNO/c17-12-4-2-1-3-11(12)16(7-8-16)15(21)20-10-5-6-14(19)13(18)9-10/h1-6,9H,7-8H2,(H,20,21). The van der Waals surface area contributed by atoms with Crippen LogP contribution in [0.1, 0.15) is 18.4 Å². The minimum atomic E-state index is -0.584. The molecule has 1 amide bonds. The van der Waals surface area contributed by atoms with Crippen LogP contribution >= 0.6 is 23.2 Å².